The van der Waals surface area contributed by atoms with Crippen molar-refractivity contribution in [1.82, 2.24) is 24.9 Å². The van der Waals surface area contributed by atoms with E-state index in [0.717, 1.165) is 6.29 Å². The molecule has 0 aromatic rings. The van der Waals surface area contributed by atoms with Crippen LogP contribution in [-0.2, 0) is 33.4 Å². The van der Waals surface area contributed by atoms with Crippen molar-refractivity contribution in [1.29, 1.82) is 0 Å². The van der Waals surface area contributed by atoms with Crippen LogP contribution in [0.15, 0.2) is 0 Å². The lowest BCUT2D eigenvalue weighted by atomic mass is 10.2. The zero-order valence-electron chi connectivity index (χ0n) is 28.1. The standard InChI is InChI=1S/C30H58N6O7/c1-28(2,3)41-25(38)20-33-12-14-34(21-26(39)42-29(4,5)6)16-18-36(24(23-37)32-11-10-31)19-17-35(15-13-33)22-27(40)43-30(7,8)9/h23-24,32H,10-22,31H2,1-9H3. The van der Waals surface area contributed by atoms with Crippen LogP contribution in [0.1, 0.15) is 62.3 Å². The second-order valence-corrected chi connectivity index (χ2v) is 13.9. The van der Waals surface area contributed by atoms with Gasteiger partial charge in [-0.15, -0.1) is 0 Å². The Morgan fingerprint density at radius 2 is 0.953 bits per heavy atom. The number of nitrogens with one attached hydrogen (secondary N) is 1. The van der Waals surface area contributed by atoms with E-state index < -0.39 is 23.0 Å². The summed E-state index contributed by atoms with van der Waals surface area (Å²) < 4.78 is 16.7. The molecule has 0 bridgehead atoms. The Kier molecular flexibility index (Phi) is 16.2. The summed E-state index contributed by atoms with van der Waals surface area (Å²) in [6.07, 6.45) is 0.266. The largest absolute Gasteiger partial charge is 0.459 e. The maximum absolute atomic E-state index is 12.8. The van der Waals surface area contributed by atoms with Crippen molar-refractivity contribution in [2.45, 2.75) is 85.3 Å². The predicted octanol–water partition coefficient (Wildman–Crippen LogP) is 0.306. The van der Waals surface area contributed by atoms with Gasteiger partial charge in [-0.2, -0.15) is 0 Å². The van der Waals surface area contributed by atoms with Crippen LogP contribution in [0.4, 0.5) is 0 Å². The highest BCUT2D eigenvalue weighted by molar-refractivity contribution is 5.73. The molecule has 0 amide bonds. The van der Waals surface area contributed by atoms with Crippen LogP contribution in [0.25, 0.3) is 0 Å². The Morgan fingerprint density at radius 1 is 0.651 bits per heavy atom. The number of nitrogens with two attached hydrogens (primary N) is 1. The highest BCUT2D eigenvalue weighted by Gasteiger charge is 2.27. The van der Waals surface area contributed by atoms with Gasteiger partial charge in [0.15, 0.2) is 6.29 Å². The normalized spacial score (nSPS) is 18.7. The fraction of sp³-hybridized carbons (Fsp3) is 0.867. The molecule has 0 radical (unpaired) electrons. The van der Waals surface area contributed by atoms with Crippen molar-refractivity contribution in [3.63, 3.8) is 0 Å². The molecule has 0 aliphatic carbocycles. The topological polar surface area (TPSA) is 147 Å². The summed E-state index contributed by atoms with van der Waals surface area (Å²) in [6, 6.07) is 0. The molecule has 1 unspecified atom stereocenters. The van der Waals surface area contributed by atoms with Crippen molar-refractivity contribution in [3.05, 3.63) is 0 Å². The second kappa shape index (κ2) is 18.0. The first-order valence-electron chi connectivity index (χ1n) is 15.3. The van der Waals surface area contributed by atoms with Crippen LogP contribution in [0.5, 0.6) is 0 Å². The molecule has 0 aromatic carbocycles. The quantitative estimate of drug-likeness (QED) is 0.187. The van der Waals surface area contributed by atoms with E-state index in [1.807, 2.05) is 81.9 Å². The lowest BCUT2D eigenvalue weighted by Crippen LogP contribution is -2.54. The first-order valence-corrected chi connectivity index (χ1v) is 15.3. The third-order valence-corrected chi connectivity index (χ3v) is 6.21. The van der Waals surface area contributed by atoms with Crippen LogP contribution in [0.2, 0.25) is 0 Å². The van der Waals surface area contributed by atoms with E-state index in [1.54, 1.807) is 0 Å². The molecule has 1 rings (SSSR count). The van der Waals surface area contributed by atoms with Crippen molar-refractivity contribution >= 4 is 24.2 Å². The monoisotopic (exact) mass is 614 g/mol. The number of rotatable bonds is 11. The van der Waals surface area contributed by atoms with E-state index in [0.29, 0.717) is 65.4 Å². The molecule has 0 spiro atoms. The molecule has 43 heavy (non-hydrogen) atoms. The number of esters is 3. The maximum Gasteiger partial charge on any atom is 0.320 e. The average Bonchev–Trinajstić information content (AvgIpc) is 2.81. The molecule has 13 heteroatoms. The number of carbonyl (C=O) groups is 4. The summed E-state index contributed by atoms with van der Waals surface area (Å²) >= 11 is 0. The van der Waals surface area contributed by atoms with E-state index in [1.165, 1.54) is 0 Å². The Morgan fingerprint density at radius 3 is 1.21 bits per heavy atom. The SMILES string of the molecule is CC(C)(C)OC(=O)CN1CCN(CC(=O)OC(C)(C)C)CCN(C(C=O)NCCN)CCN(CC(=O)OC(C)(C)C)CC1. The lowest BCUT2D eigenvalue weighted by molar-refractivity contribution is -0.158. The van der Waals surface area contributed by atoms with Gasteiger partial charge in [0.25, 0.3) is 0 Å². The number of nitrogens with zero attached hydrogens (tertiary/aromatic N) is 4. The van der Waals surface area contributed by atoms with Crippen molar-refractivity contribution < 1.29 is 33.4 Å². The van der Waals surface area contributed by atoms with Crippen LogP contribution >= 0.6 is 0 Å². The Balaban J connectivity index is 3.25. The average molecular weight is 615 g/mol. The van der Waals surface area contributed by atoms with Crippen LogP contribution in [0, 0.1) is 0 Å². The van der Waals surface area contributed by atoms with Gasteiger partial charge in [0.1, 0.15) is 23.0 Å². The zero-order valence-corrected chi connectivity index (χ0v) is 28.1. The minimum Gasteiger partial charge on any atom is -0.459 e. The molecular weight excluding hydrogens is 556 g/mol. The van der Waals surface area contributed by atoms with E-state index in [9.17, 15) is 19.2 Å². The molecule has 250 valence electrons. The first-order chi connectivity index (χ1) is 19.8. The van der Waals surface area contributed by atoms with Crippen molar-refractivity contribution in [2.75, 3.05) is 85.1 Å². The van der Waals surface area contributed by atoms with Gasteiger partial charge in [0, 0.05) is 65.4 Å². The van der Waals surface area contributed by atoms with Crippen molar-refractivity contribution in [3.8, 4) is 0 Å². The van der Waals surface area contributed by atoms with Gasteiger partial charge < -0.3 is 24.7 Å². The van der Waals surface area contributed by atoms with E-state index >= 15 is 0 Å². The van der Waals surface area contributed by atoms with Crippen LogP contribution < -0.4 is 11.1 Å². The Bertz CT molecular complexity index is 836. The fourth-order valence-electron chi connectivity index (χ4n) is 4.47. The number of aldehydes is 1. The third-order valence-electron chi connectivity index (χ3n) is 6.21. The number of hydrogen-bond donors (Lipinski definition) is 2. The fourth-order valence-corrected chi connectivity index (χ4v) is 4.47. The predicted molar refractivity (Wildman–Crippen MR) is 165 cm³/mol. The van der Waals surface area contributed by atoms with Crippen LogP contribution in [-0.4, -0.2) is 152 Å². The highest BCUT2D eigenvalue weighted by Crippen LogP contribution is 2.11. The molecule has 13 nitrogen and oxygen atoms in total. The summed E-state index contributed by atoms with van der Waals surface area (Å²) in [6.45, 7) is 21.3. The molecule has 1 heterocycles. The smallest absolute Gasteiger partial charge is 0.320 e. The zero-order chi connectivity index (χ0) is 32.8. The molecule has 1 fully saturated rings. The van der Waals surface area contributed by atoms with Crippen LogP contribution in [0.3, 0.4) is 0 Å². The molecule has 3 N–H and O–H groups in total. The maximum atomic E-state index is 12.8. The van der Waals surface area contributed by atoms with E-state index in [4.69, 9.17) is 19.9 Å². The molecule has 1 atom stereocenters. The number of hydrogen-bond acceptors (Lipinski definition) is 13. The molecule has 0 saturated carbocycles. The summed E-state index contributed by atoms with van der Waals surface area (Å²) in [5, 5.41) is 3.17. The Hall–Kier alpha value is -2.16. The molecule has 1 saturated heterocycles. The summed E-state index contributed by atoms with van der Waals surface area (Å²) in [5.41, 5.74) is 3.82. The molecular formula is C30H58N6O7. The van der Waals surface area contributed by atoms with Gasteiger partial charge in [0.2, 0.25) is 0 Å². The first kappa shape index (κ1) is 38.9. The molecule has 1 aliphatic rings. The Labute approximate surface area is 258 Å². The third kappa shape index (κ3) is 19.0. The highest BCUT2D eigenvalue weighted by atomic mass is 16.6. The van der Waals surface area contributed by atoms with Gasteiger partial charge >= 0.3 is 17.9 Å². The summed E-state index contributed by atoms with van der Waals surface area (Å²) in [4.78, 5) is 58.4. The van der Waals surface area contributed by atoms with Gasteiger partial charge in [-0.25, -0.2) is 0 Å². The number of ether oxygens (including phenoxy) is 3. The number of carbonyl (C=O) groups excluding carboxylic acids is 4. The summed E-state index contributed by atoms with van der Waals surface area (Å²) in [7, 11) is 0. The van der Waals surface area contributed by atoms with Gasteiger partial charge in [0.05, 0.1) is 19.6 Å². The minimum absolute atomic E-state index is 0.0676. The van der Waals surface area contributed by atoms with E-state index in [2.05, 4.69) is 5.32 Å². The second-order valence-electron chi connectivity index (χ2n) is 13.9. The van der Waals surface area contributed by atoms with Crippen molar-refractivity contribution in [2.24, 2.45) is 5.73 Å². The molecule has 1 aliphatic heterocycles. The van der Waals surface area contributed by atoms with Gasteiger partial charge in [-0.3, -0.25) is 39.3 Å². The summed E-state index contributed by atoms with van der Waals surface area (Å²) in [5.74, 6) is -1.04. The van der Waals surface area contributed by atoms with Gasteiger partial charge in [-0.05, 0) is 62.3 Å². The van der Waals surface area contributed by atoms with E-state index in [-0.39, 0.29) is 37.5 Å². The molecule has 0 aromatic heterocycles. The lowest BCUT2D eigenvalue weighted by Gasteiger charge is -2.36. The van der Waals surface area contributed by atoms with Gasteiger partial charge in [-0.1, -0.05) is 0 Å². The minimum atomic E-state index is -0.620.